The molecule has 3 N–H and O–H groups in total. The van der Waals surface area contributed by atoms with Crippen molar-refractivity contribution in [3.05, 3.63) is 29.3 Å². The molecule has 0 aliphatic heterocycles. The Kier molecular flexibility index (Phi) is 2.55. The molecule has 5 heteroatoms. The highest BCUT2D eigenvalue weighted by Gasteiger charge is 2.07. The normalized spacial score (nSPS) is 10.5. The minimum absolute atomic E-state index is 0.124. The van der Waals surface area contributed by atoms with E-state index < -0.39 is 0 Å². The Labute approximate surface area is 91.9 Å². The van der Waals surface area contributed by atoms with Crippen molar-refractivity contribution in [3.8, 4) is 10.6 Å². The molecular formula is C10H12N4S. The summed E-state index contributed by atoms with van der Waals surface area (Å²) >= 11 is 1.66. The number of nitrogens with two attached hydrogens (primary N) is 1. The fourth-order valence-electron chi connectivity index (χ4n) is 1.38. The molecule has 0 aliphatic carbocycles. The minimum atomic E-state index is 0.124. The van der Waals surface area contributed by atoms with E-state index in [1.807, 2.05) is 30.5 Å². The van der Waals surface area contributed by atoms with E-state index in [0.29, 0.717) is 6.54 Å². The van der Waals surface area contributed by atoms with E-state index in [0.717, 1.165) is 16.3 Å². The highest BCUT2D eigenvalue weighted by molar-refractivity contribution is 7.13. The topological polar surface area (TPSA) is 67.7 Å². The summed E-state index contributed by atoms with van der Waals surface area (Å²) in [7, 11) is 0. The van der Waals surface area contributed by atoms with Crippen LogP contribution in [0.15, 0.2) is 23.6 Å². The van der Waals surface area contributed by atoms with Gasteiger partial charge in [0.15, 0.2) is 0 Å². The maximum absolute atomic E-state index is 7.23. The standard InChI is InChI=1S/C10H12N4S/c1-7-5-8(9-3-2-4-15-9)13-14(7)6-10(11)12/h2-5H,6H2,1H3,(H3,11,12). The van der Waals surface area contributed by atoms with Crippen molar-refractivity contribution >= 4 is 17.2 Å². The molecule has 0 bridgehead atoms. The van der Waals surface area contributed by atoms with E-state index in [-0.39, 0.29) is 5.84 Å². The molecule has 15 heavy (non-hydrogen) atoms. The van der Waals surface area contributed by atoms with Crippen LogP contribution in [0.5, 0.6) is 0 Å². The zero-order valence-corrected chi connectivity index (χ0v) is 9.21. The highest BCUT2D eigenvalue weighted by atomic mass is 32.1. The van der Waals surface area contributed by atoms with Crippen molar-refractivity contribution in [2.24, 2.45) is 5.73 Å². The first-order valence-corrected chi connectivity index (χ1v) is 5.46. The smallest absolute Gasteiger partial charge is 0.113 e. The summed E-state index contributed by atoms with van der Waals surface area (Å²) < 4.78 is 1.75. The second-order valence-corrected chi connectivity index (χ2v) is 4.28. The lowest BCUT2D eigenvalue weighted by molar-refractivity contribution is 0.697. The Morgan fingerprint density at radius 1 is 1.67 bits per heavy atom. The van der Waals surface area contributed by atoms with Crippen LogP contribution >= 0.6 is 11.3 Å². The van der Waals surface area contributed by atoms with Gasteiger partial charge in [-0.05, 0) is 24.4 Å². The second kappa shape index (κ2) is 3.86. The summed E-state index contributed by atoms with van der Waals surface area (Å²) in [5, 5.41) is 13.7. The van der Waals surface area contributed by atoms with Gasteiger partial charge in [-0.1, -0.05) is 6.07 Å². The summed E-state index contributed by atoms with van der Waals surface area (Å²) in [5.74, 6) is 0.124. The maximum Gasteiger partial charge on any atom is 0.113 e. The minimum Gasteiger partial charge on any atom is -0.386 e. The molecule has 0 unspecified atom stereocenters. The van der Waals surface area contributed by atoms with Gasteiger partial charge in [-0.15, -0.1) is 11.3 Å². The quantitative estimate of drug-likeness (QED) is 0.612. The summed E-state index contributed by atoms with van der Waals surface area (Å²) in [6.07, 6.45) is 0. The van der Waals surface area contributed by atoms with Gasteiger partial charge in [0.2, 0.25) is 0 Å². The lowest BCUT2D eigenvalue weighted by atomic mass is 10.3. The molecule has 0 amide bonds. The molecule has 0 spiro atoms. The fourth-order valence-corrected chi connectivity index (χ4v) is 2.06. The predicted octanol–water partition coefficient (Wildman–Crippen LogP) is 1.86. The monoisotopic (exact) mass is 220 g/mol. The molecule has 0 saturated carbocycles. The fraction of sp³-hybridized carbons (Fsp3) is 0.200. The molecular weight excluding hydrogens is 208 g/mol. The number of nitrogens with one attached hydrogen (secondary N) is 1. The molecule has 0 saturated heterocycles. The van der Waals surface area contributed by atoms with E-state index in [9.17, 15) is 0 Å². The van der Waals surface area contributed by atoms with Crippen molar-refractivity contribution in [1.29, 1.82) is 5.41 Å². The van der Waals surface area contributed by atoms with E-state index in [1.54, 1.807) is 16.0 Å². The summed E-state index contributed by atoms with van der Waals surface area (Å²) in [5.41, 5.74) is 7.32. The zero-order chi connectivity index (χ0) is 10.8. The number of aryl methyl sites for hydroxylation is 1. The third kappa shape index (κ3) is 2.07. The molecule has 4 nitrogen and oxygen atoms in total. The lowest BCUT2D eigenvalue weighted by Crippen LogP contribution is -2.19. The molecule has 2 aromatic rings. The van der Waals surface area contributed by atoms with Gasteiger partial charge in [0.1, 0.15) is 11.5 Å². The van der Waals surface area contributed by atoms with Crippen LogP contribution < -0.4 is 5.73 Å². The SMILES string of the molecule is Cc1cc(-c2cccs2)nn1CC(=N)N. The Bertz CT molecular complexity index is 470. The van der Waals surface area contributed by atoms with Crippen LogP contribution in [0.3, 0.4) is 0 Å². The summed E-state index contributed by atoms with van der Waals surface area (Å²) in [4.78, 5) is 1.14. The molecule has 0 aromatic carbocycles. The van der Waals surface area contributed by atoms with Gasteiger partial charge in [0.05, 0.1) is 11.4 Å². The summed E-state index contributed by atoms with van der Waals surface area (Å²) in [6, 6.07) is 6.04. The van der Waals surface area contributed by atoms with Gasteiger partial charge in [-0.25, -0.2) is 0 Å². The lowest BCUT2D eigenvalue weighted by Gasteiger charge is -2.00. The number of rotatable bonds is 3. The van der Waals surface area contributed by atoms with Crippen molar-refractivity contribution in [1.82, 2.24) is 9.78 Å². The van der Waals surface area contributed by atoms with Gasteiger partial charge in [-0.3, -0.25) is 10.1 Å². The number of hydrogen-bond acceptors (Lipinski definition) is 3. The van der Waals surface area contributed by atoms with Gasteiger partial charge in [-0.2, -0.15) is 5.10 Å². The first-order chi connectivity index (χ1) is 7.16. The number of hydrogen-bond donors (Lipinski definition) is 2. The Balaban J connectivity index is 2.33. The number of nitrogens with zero attached hydrogens (tertiary/aromatic N) is 2. The van der Waals surface area contributed by atoms with Crippen LogP contribution in [0.2, 0.25) is 0 Å². The van der Waals surface area contributed by atoms with Crippen LogP contribution in [0, 0.1) is 12.3 Å². The van der Waals surface area contributed by atoms with Gasteiger partial charge in [0.25, 0.3) is 0 Å². The van der Waals surface area contributed by atoms with E-state index in [2.05, 4.69) is 5.10 Å². The van der Waals surface area contributed by atoms with E-state index in [1.165, 1.54) is 0 Å². The Hall–Kier alpha value is -1.62. The van der Waals surface area contributed by atoms with Gasteiger partial charge < -0.3 is 5.73 Å². The van der Waals surface area contributed by atoms with Crippen molar-refractivity contribution < 1.29 is 0 Å². The van der Waals surface area contributed by atoms with Crippen molar-refractivity contribution in [2.75, 3.05) is 0 Å². The average molecular weight is 220 g/mol. The average Bonchev–Trinajstić information content (AvgIpc) is 2.75. The first kappa shape index (κ1) is 9.92. The largest absolute Gasteiger partial charge is 0.386 e. The Morgan fingerprint density at radius 2 is 2.47 bits per heavy atom. The molecule has 2 aromatic heterocycles. The molecule has 0 aliphatic rings. The third-order valence-electron chi connectivity index (χ3n) is 2.07. The molecule has 0 fully saturated rings. The van der Waals surface area contributed by atoms with Crippen molar-refractivity contribution in [2.45, 2.75) is 13.5 Å². The third-order valence-corrected chi connectivity index (χ3v) is 2.97. The van der Waals surface area contributed by atoms with Gasteiger partial charge in [0, 0.05) is 5.69 Å². The molecule has 78 valence electrons. The maximum atomic E-state index is 7.23. The Morgan fingerprint density at radius 3 is 3.07 bits per heavy atom. The van der Waals surface area contributed by atoms with Gasteiger partial charge >= 0.3 is 0 Å². The summed E-state index contributed by atoms with van der Waals surface area (Å²) in [6.45, 7) is 2.32. The van der Waals surface area contributed by atoms with Crippen LogP contribution in [0.4, 0.5) is 0 Å². The zero-order valence-electron chi connectivity index (χ0n) is 8.40. The number of aromatic nitrogens is 2. The first-order valence-electron chi connectivity index (χ1n) is 4.58. The van der Waals surface area contributed by atoms with Crippen LogP contribution in [0.25, 0.3) is 10.6 Å². The van der Waals surface area contributed by atoms with E-state index in [4.69, 9.17) is 11.1 Å². The van der Waals surface area contributed by atoms with Crippen LogP contribution in [0.1, 0.15) is 5.69 Å². The van der Waals surface area contributed by atoms with Crippen LogP contribution in [-0.2, 0) is 6.54 Å². The molecule has 2 rings (SSSR count). The predicted molar refractivity (Wildman–Crippen MR) is 62.2 cm³/mol. The second-order valence-electron chi connectivity index (χ2n) is 3.33. The molecule has 0 radical (unpaired) electrons. The van der Waals surface area contributed by atoms with Crippen molar-refractivity contribution in [3.63, 3.8) is 0 Å². The number of thiophene rings is 1. The molecule has 0 atom stereocenters. The van der Waals surface area contributed by atoms with Crippen LogP contribution in [-0.4, -0.2) is 15.6 Å². The van der Waals surface area contributed by atoms with E-state index >= 15 is 0 Å². The molecule has 2 heterocycles. The number of amidine groups is 1. The highest BCUT2D eigenvalue weighted by Crippen LogP contribution is 2.23.